The molecule has 14 nitrogen and oxygen atoms in total. The zero-order valence-corrected chi connectivity index (χ0v) is 22.7. The standard InChI is InChI=1S/C27H35N7O7/c1-14(2)23(34-24(37)18(28)10-16-12-29-13-31-16)26(39)33-21(9-15-11-30-19-6-4-3-5-17(15)19)25(38)32-20(27(40)41)7-8-22(35)36/h3-6,11-14,18,20-21,23,30H,7-10,28H2,1-2H3,(H,29,31)(H,32,38)(H,33,39)(H,34,37)(H,35,36)(H,40,41). The fraction of sp³-hybridized carbons (Fsp3) is 0.407. The number of hydrogen-bond acceptors (Lipinski definition) is 7. The molecule has 2 heterocycles. The maximum atomic E-state index is 13.4. The predicted molar refractivity (Wildman–Crippen MR) is 147 cm³/mol. The first-order valence-corrected chi connectivity index (χ1v) is 13.1. The summed E-state index contributed by atoms with van der Waals surface area (Å²) in [5, 5.41) is 26.9. The number of aromatic amines is 2. The van der Waals surface area contributed by atoms with Gasteiger partial charge in [0.05, 0.1) is 12.4 Å². The van der Waals surface area contributed by atoms with E-state index in [1.165, 1.54) is 12.5 Å². The van der Waals surface area contributed by atoms with Gasteiger partial charge in [-0.15, -0.1) is 0 Å². The number of carboxylic acids is 2. The van der Waals surface area contributed by atoms with Crippen molar-refractivity contribution in [2.45, 2.75) is 63.7 Å². The molecule has 0 aliphatic heterocycles. The number of amides is 3. The number of fused-ring (bicyclic) bond motifs is 1. The largest absolute Gasteiger partial charge is 0.481 e. The van der Waals surface area contributed by atoms with Crippen LogP contribution < -0.4 is 21.7 Å². The van der Waals surface area contributed by atoms with Crippen molar-refractivity contribution in [2.75, 3.05) is 0 Å². The Hall–Kier alpha value is -4.72. The average Bonchev–Trinajstić information content (AvgIpc) is 3.58. The molecule has 0 radical (unpaired) electrons. The molecule has 0 saturated carbocycles. The Bertz CT molecular complexity index is 1370. The van der Waals surface area contributed by atoms with Gasteiger partial charge in [-0.05, 0) is 24.0 Å². The van der Waals surface area contributed by atoms with Gasteiger partial charge in [0.25, 0.3) is 0 Å². The highest BCUT2D eigenvalue weighted by molar-refractivity contribution is 5.95. The van der Waals surface area contributed by atoms with Gasteiger partial charge in [0.1, 0.15) is 18.1 Å². The quantitative estimate of drug-likeness (QED) is 0.123. The molecular weight excluding hydrogens is 534 g/mol. The van der Waals surface area contributed by atoms with E-state index in [0.29, 0.717) is 11.3 Å². The van der Waals surface area contributed by atoms with Gasteiger partial charge in [-0.25, -0.2) is 9.78 Å². The number of rotatable bonds is 15. The van der Waals surface area contributed by atoms with Crippen LogP contribution in [0.3, 0.4) is 0 Å². The number of carboxylic acid groups (broad SMARTS) is 2. The highest BCUT2D eigenvalue weighted by Crippen LogP contribution is 2.19. The van der Waals surface area contributed by atoms with Crippen molar-refractivity contribution in [3.05, 3.63) is 54.2 Å². The molecule has 3 rings (SSSR count). The minimum atomic E-state index is -1.48. The van der Waals surface area contributed by atoms with Gasteiger partial charge in [-0.1, -0.05) is 32.0 Å². The molecule has 0 aliphatic carbocycles. The van der Waals surface area contributed by atoms with Gasteiger partial charge in [0.15, 0.2) is 0 Å². The highest BCUT2D eigenvalue weighted by Gasteiger charge is 2.32. The molecule has 41 heavy (non-hydrogen) atoms. The van der Waals surface area contributed by atoms with E-state index >= 15 is 0 Å². The number of imidazole rings is 1. The normalized spacial score (nSPS) is 14.1. The van der Waals surface area contributed by atoms with E-state index < -0.39 is 66.2 Å². The lowest BCUT2D eigenvalue weighted by Gasteiger charge is -2.27. The Labute approximate surface area is 235 Å². The molecule has 0 aliphatic rings. The second-order valence-electron chi connectivity index (χ2n) is 10.1. The Morgan fingerprint density at radius 3 is 2.27 bits per heavy atom. The van der Waals surface area contributed by atoms with Crippen LogP contribution in [0.4, 0.5) is 0 Å². The number of carbonyl (C=O) groups excluding carboxylic acids is 3. The SMILES string of the molecule is CC(C)C(NC(=O)C(N)Cc1cnc[nH]1)C(=O)NC(Cc1c[nH]c2ccccc12)C(=O)NC(CCC(=O)O)C(=O)O. The molecule has 14 heteroatoms. The van der Waals surface area contributed by atoms with Crippen LogP contribution in [-0.4, -0.2) is 79.0 Å². The van der Waals surface area contributed by atoms with Gasteiger partial charge in [-0.3, -0.25) is 19.2 Å². The number of hydrogen-bond donors (Lipinski definition) is 8. The topological polar surface area (TPSA) is 232 Å². The highest BCUT2D eigenvalue weighted by atomic mass is 16.4. The van der Waals surface area contributed by atoms with E-state index in [9.17, 15) is 29.1 Å². The molecule has 4 unspecified atom stereocenters. The summed E-state index contributed by atoms with van der Waals surface area (Å²) in [5.41, 5.74) is 8.16. The lowest BCUT2D eigenvalue weighted by molar-refractivity contribution is -0.143. The van der Waals surface area contributed by atoms with E-state index in [0.717, 1.165) is 10.9 Å². The number of nitrogens with one attached hydrogen (secondary N) is 5. The molecule has 220 valence electrons. The smallest absolute Gasteiger partial charge is 0.326 e. The summed E-state index contributed by atoms with van der Waals surface area (Å²) in [7, 11) is 0. The van der Waals surface area contributed by atoms with Crippen LogP contribution in [0.5, 0.6) is 0 Å². The summed E-state index contributed by atoms with van der Waals surface area (Å²) in [6.07, 6.45) is 4.02. The first kappa shape index (κ1) is 30.8. The number of para-hydroxylation sites is 1. The van der Waals surface area contributed by atoms with Crippen LogP contribution in [0.2, 0.25) is 0 Å². The number of aromatic nitrogens is 3. The second-order valence-corrected chi connectivity index (χ2v) is 10.1. The van der Waals surface area contributed by atoms with Gasteiger partial charge in [0.2, 0.25) is 17.7 Å². The van der Waals surface area contributed by atoms with E-state index in [1.807, 2.05) is 24.3 Å². The Morgan fingerprint density at radius 2 is 1.63 bits per heavy atom. The Morgan fingerprint density at radius 1 is 0.927 bits per heavy atom. The summed E-state index contributed by atoms with van der Waals surface area (Å²) >= 11 is 0. The van der Waals surface area contributed by atoms with Crippen molar-refractivity contribution in [2.24, 2.45) is 11.7 Å². The summed E-state index contributed by atoms with van der Waals surface area (Å²) in [4.78, 5) is 72.1. The first-order valence-electron chi connectivity index (χ1n) is 13.1. The van der Waals surface area contributed by atoms with E-state index in [1.54, 1.807) is 20.0 Å². The van der Waals surface area contributed by atoms with Crippen molar-refractivity contribution in [3.63, 3.8) is 0 Å². The monoisotopic (exact) mass is 569 g/mol. The fourth-order valence-corrected chi connectivity index (χ4v) is 4.31. The minimum Gasteiger partial charge on any atom is -0.481 e. The fourth-order valence-electron chi connectivity index (χ4n) is 4.31. The first-order chi connectivity index (χ1) is 19.5. The van der Waals surface area contributed by atoms with Crippen molar-refractivity contribution in [3.8, 4) is 0 Å². The van der Waals surface area contributed by atoms with Crippen LogP contribution in [0, 0.1) is 5.92 Å². The van der Waals surface area contributed by atoms with Crippen molar-refractivity contribution < 1.29 is 34.2 Å². The number of benzene rings is 1. The molecule has 3 amide bonds. The van der Waals surface area contributed by atoms with Gasteiger partial charge in [0, 0.05) is 48.3 Å². The molecule has 3 aromatic rings. The second kappa shape index (κ2) is 14.1. The lowest BCUT2D eigenvalue weighted by Crippen LogP contribution is -2.59. The Balaban J connectivity index is 1.80. The summed E-state index contributed by atoms with van der Waals surface area (Å²) in [6, 6.07) is 2.57. The van der Waals surface area contributed by atoms with Crippen LogP contribution in [0.15, 0.2) is 43.0 Å². The van der Waals surface area contributed by atoms with Gasteiger partial charge in [-0.2, -0.15) is 0 Å². The molecule has 0 fully saturated rings. The number of carbonyl (C=O) groups is 5. The molecule has 0 spiro atoms. The summed E-state index contributed by atoms with van der Waals surface area (Å²) in [6.45, 7) is 3.43. The number of nitrogens with two attached hydrogens (primary N) is 1. The number of nitrogens with zero attached hydrogens (tertiary/aromatic N) is 1. The van der Waals surface area contributed by atoms with Crippen LogP contribution in [-0.2, 0) is 36.8 Å². The third kappa shape index (κ3) is 8.63. The Kier molecular flexibility index (Phi) is 10.6. The van der Waals surface area contributed by atoms with Crippen molar-refractivity contribution in [1.29, 1.82) is 0 Å². The third-order valence-corrected chi connectivity index (χ3v) is 6.57. The maximum absolute atomic E-state index is 13.4. The molecule has 0 bridgehead atoms. The molecule has 2 aromatic heterocycles. The lowest BCUT2D eigenvalue weighted by atomic mass is 9.99. The van der Waals surface area contributed by atoms with E-state index in [4.69, 9.17) is 10.8 Å². The molecule has 9 N–H and O–H groups in total. The van der Waals surface area contributed by atoms with Crippen LogP contribution >= 0.6 is 0 Å². The number of H-pyrrole nitrogens is 2. The molecule has 0 saturated heterocycles. The molecule has 4 atom stereocenters. The third-order valence-electron chi connectivity index (χ3n) is 6.57. The summed E-state index contributed by atoms with van der Waals surface area (Å²) in [5.74, 6) is -5.07. The van der Waals surface area contributed by atoms with Crippen molar-refractivity contribution >= 4 is 40.6 Å². The zero-order valence-electron chi connectivity index (χ0n) is 22.7. The van der Waals surface area contributed by atoms with Gasteiger partial charge < -0.3 is 41.9 Å². The van der Waals surface area contributed by atoms with Gasteiger partial charge >= 0.3 is 11.9 Å². The molecular formula is C27H35N7O7. The van der Waals surface area contributed by atoms with Crippen LogP contribution in [0.25, 0.3) is 10.9 Å². The average molecular weight is 570 g/mol. The maximum Gasteiger partial charge on any atom is 0.326 e. The minimum absolute atomic E-state index is 0.00897. The van der Waals surface area contributed by atoms with Crippen LogP contribution in [0.1, 0.15) is 37.9 Å². The predicted octanol–water partition coefficient (Wildman–Crippen LogP) is 0.0633. The van der Waals surface area contributed by atoms with E-state index in [2.05, 4.69) is 30.9 Å². The van der Waals surface area contributed by atoms with E-state index in [-0.39, 0.29) is 19.3 Å². The summed E-state index contributed by atoms with van der Waals surface area (Å²) < 4.78 is 0. The molecule has 1 aromatic carbocycles. The number of aliphatic carboxylic acids is 2. The zero-order chi connectivity index (χ0) is 30.1. The van der Waals surface area contributed by atoms with Crippen molar-refractivity contribution in [1.82, 2.24) is 30.9 Å².